The van der Waals surface area contributed by atoms with Crippen molar-refractivity contribution in [2.45, 2.75) is 12.3 Å². The molecule has 3 aromatic rings. The number of carbonyl (C=O) groups is 2. The molecule has 5 heteroatoms. The molecule has 5 nitrogen and oxygen atoms in total. The summed E-state index contributed by atoms with van der Waals surface area (Å²) in [5, 5.41) is 12.6. The van der Waals surface area contributed by atoms with Gasteiger partial charge in [0.2, 0.25) is 5.91 Å². The molecule has 0 aliphatic heterocycles. The lowest BCUT2D eigenvalue weighted by molar-refractivity contribution is -0.116. The van der Waals surface area contributed by atoms with Crippen molar-refractivity contribution in [2.75, 3.05) is 12.4 Å². The number of methoxy groups -OCH3 is 1. The van der Waals surface area contributed by atoms with Gasteiger partial charge < -0.3 is 15.2 Å². The summed E-state index contributed by atoms with van der Waals surface area (Å²) in [7, 11) is 1.23. The Balaban J connectivity index is 1.81. The number of benzene rings is 3. The Morgan fingerprint density at radius 3 is 2.04 bits per heavy atom. The lowest BCUT2D eigenvalue weighted by Gasteiger charge is -2.18. The second-order valence-corrected chi connectivity index (χ2v) is 6.35. The van der Waals surface area contributed by atoms with Crippen molar-refractivity contribution in [3.05, 3.63) is 95.6 Å². The number of carbonyl (C=O) groups excluding carboxylic acids is 2. The van der Waals surface area contributed by atoms with Gasteiger partial charge in [-0.1, -0.05) is 60.7 Å². The molecule has 28 heavy (non-hydrogen) atoms. The van der Waals surface area contributed by atoms with Crippen LogP contribution in [0.2, 0.25) is 0 Å². The topological polar surface area (TPSA) is 75.6 Å². The van der Waals surface area contributed by atoms with Crippen LogP contribution in [0.1, 0.15) is 33.8 Å². The van der Waals surface area contributed by atoms with Gasteiger partial charge in [-0.3, -0.25) is 4.79 Å². The Morgan fingerprint density at radius 2 is 1.50 bits per heavy atom. The van der Waals surface area contributed by atoms with Gasteiger partial charge in [-0.05, 0) is 29.3 Å². The van der Waals surface area contributed by atoms with Crippen molar-refractivity contribution in [2.24, 2.45) is 0 Å². The molecule has 0 saturated carbocycles. The molecule has 0 heterocycles. The third-order valence-electron chi connectivity index (χ3n) is 4.48. The molecule has 2 N–H and O–H groups in total. The predicted molar refractivity (Wildman–Crippen MR) is 107 cm³/mol. The van der Waals surface area contributed by atoms with Crippen molar-refractivity contribution >= 4 is 17.6 Å². The van der Waals surface area contributed by atoms with Crippen LogP contribution in [0, 0.1) is 0 Å². The molecule has 0 unspecified atom stereocenters. The highest BCUT2D eigenvalue weighted by molar-refractivity contribution is 5.96. The van der Waals surface area contributed by atoms with Crippen LogP contribution in [0.25, 0.3) is 0 Å². The van der Waals surface area contributed by atoms with E-state index >= 15 is 0 Å². The smallest absolute Gasteiger partial charge is 0.341 e. The van der Waals surface area contributed by atoms with Crippen LogP contribution in [-0.4, -0.2) is 24.1 Å². The van der Waals surface area contributed by atoms with E-state index in [0.717, 1.165) is 11.1 Å². The van der Waals surface area contributed by atoms with E-state index < -0.39 is 5.97 Å². The number of nitrogens with one attached hydrogen (secondary N) is 1. The van der Waals surface area contributed by atoms with E-state index in [-0.39, 0.29) is 29.6 Å². The second kappa shape index (κ2) is 8.86. The fraction of sp³-hybridized carbons (Fsp3) is 0.130. The molecule has 0 aromatic heterocycles. The summed E-state index contributed by atoms with van der Waals surface area (Å²) in [4.78, 5) is 24.4. The number of esters is 1. The zero-order valence-electron chi connectivity index (χ0n) is 15.5. The van der Waals surface area contributed by atoms with Crippen molar-refractivity contribution in [3.8, 4) is 5.75 Å². The van der Waals surface area contributed by atoms with Crippen LogP contribution < -0.4 is 5.32 Å². The minimum atomic E-state index is -0.667. The summed E-state index contributed by atoms with van der Waals surface area (Å²) in [6, 6.07) is 24.0. The molecule has 1 amide bonds. The summed E-state index contributed by atoms with van der Waals surface area (Å²) in [6.45, 7) is 0. The Kier molecular flexibility index (Phi) is 6.07. The van der Waals surface area contributed by atoms with Crippen LogP contribution in [0.5, 0.6) is 5.75 Å². The molecule has 0 aliphatic carbocycles. The molecular weight excluding hydrogens is 354 g/mol. The summed E-state index contributed by atoms with van der Waals surface area (Å²) in [6.07, 6.45) is 0.239. The SMILES string of the molecule is COC(=O)c1cc(NC(=O)CC(c2ccccc2)c2ccccc2)ccc1O. The molecule has 0 aliphatic rings. The van der Waals surface area contributed by atoms with Gasteiger partial charge in [0.05, 0.1) is 7.11 Å². The Morgan fingerprint density at radius 1 is 0.929 bits per heavy atom. The lowest BCUT2D eigenvalue weighted by Crippen LogP contribution is -2.17. The first-order chi connectivity index (χ1) is 13.6. The molecule has 0 radical (unpaired) electrons. The minimum Gasteiger partial charge on any atom is -0.507 e. The molecule has 0 saturated heterocycles. The Hall–Kier alpha value is -3.60. The van der Waals surface area contributed by atoms with E-state index in [1.807, 2.05) is 60.7 Å². The molecule has 3 rings (SSSR count). The van der Waals surface area contributed by atoms with Gasteiger partial charge in [0.1, 0.15) is 11.3 Å². The van der Waals surface area contributed by atoms with Crippen molar-refractivity contribution in [3.63, 3.8) is 0 Å². The second-order valence-electron chi connectivity index (χ2n) is 6.35. The maximum absolute atomic E-state index is 12.7. The van der Waals surface area contributed by atoms with Crippen LogP contribution in [-0.2, 0) is 9.53 Å². The number of ether oxygens (including phenoxy) is 1. The van der Waals surface area contributed by atoms with Crippen molar-refractivity contribution in [1.82, 2.24) is 0 Å². The number of hydrogen-bond acceptors (Lipinski definition) is 4. The predicted octanol–water partition coefficient (Wildman–Crippen LogP) is 4.34. The highest BCUT2D eigenvalue weighted by Gasteiger charge is 2.19. The highest BCUT2D eigenvalue weighted by Crippen LogP contribution is 2.29. The van der Waals surface area contributed by atoms with E-state index in [2.05, 4.69) is 10.1 Å². The molecule has 0 spiro atoms. The molecule has 0 atom stereocenters. The largest absolute Gasteiger partial charge is 0.507 e. The Bertz CT molecular complexity index is 915. The molecule has 3 aromatic carbocycles. The fourth-order valence-electron chi connectivity index (χ4n) is 3.08. The minimum absolute atomic E-state index is 0.00275. The van der Waals surface area contributed by atoms with Crippen molar-refractivity contribution in [1.29, 1.82) is 0 Å². The lowest BCUT2D eigenvalue weighted by atomic mass is 9.88. The average Bonchev–Trinajstić information content (AvgIpc) is 2.74. The zero-order valence-corrected chi connectivity index (χ0v) is 15.5. The number of amides is 1. The maximum Gasteiger partial charge on any atom is 0.341 e. The normalized spacial score (nSPS) is 10.5. The molecule has 0 bridgehead atoms. The van der Waals surface area contributed by atoms with E-state index in [9.17, 15) is 14.7 Å². The van der Waals surface area contributed by atoms with E-state index in [4.69, 9.17) is 0 Å². The quantitative estimate of drug-likeness (QED) is 0.496. The summed E-state index contributed by atoms with van der Waals surface area (Å²) >= 11 is 0. The maximum atomic E-state index is 12.7. The van der Waals surface area contributed by atoms with E-state index in [1.165, 1.54) is 19.2 Å². The highest BCUT2D eigenvalue weighted by atomic mass is 16.5. The fourth-order valence-corrected chi connectivity index (χ4v) is 3.08. The first kappa shape index (κ1) is 19.2. The number of aromatic hydroxyl groups is 1. The molecule has 142 valence electrons. The molecular formula is C23H21NO4. The summed E-state index contributed by atoms with van der Waals surface area (Å²) < 4.78 is 4.65. The van der Waals surface area contributed by atoms with Crippen LogP contribution in [0.3, 0.4) is 0 Å². The van der Waals surface area contributed by atoms with Crippen molar-refractivity contribution < 1.29 is 19.4 Å². The van der Waals surface area contributed by atoms with Gasteiger partial charge in [0, 0.05) is 18.0 Å². The Labute approximate surface area is 163 Å². The average molecular weight is 375 g/mol. The third-order valence-corrected chi connectivity index (χ3v) is 4.48. The van der Waals surface area contributed by atoms with Gasteiger partial charge in [-0.2, -0.15) is 0 Å². The van der Waals surface area contributed by atoms with Crippen LogP contribution in [0.4, 0.5) is 5.69 Å². The number of rotatable bonds is 6. The number of phenolic OH excluding ortho intramolecular Hbond substituents is 1. The van der Waals surface area contributed by atoms with Gasteiger partial charge in [0.25, 0.3) is 0 Å². The van der Waals surface area contributed by atoms with Gasteiger partial charge in [0.15, 0.2) is 0 Å². The number of phenols is 1. The zero-order chi connectivity index (χ0) is 19.9. The van der Waals surface area contributed by atoms with Gasteiger partial charge in [-0.15, -0.1) is 0 Å². The summed E-state index contributed by atoms with van der Waals surface area (Å²) in [5.74, 6) is -1.16. The van der Waals surface area contributed by atoms with Crippen LogP contribution in [0.15, 0.2) is 78.9 Å². The number of anilines is 1. The first-order valence-corrected chi connectivity index (χ1v) is 8.89. The monoisotopic (exact) mass is 375 g/mol. The standard InChI is InChI=1S/C23H21NO4/c1-28-23(27)20-14-18(12-13-21(20)25)24-22(26)15-19(16-8-4-2-5-9-16)17-10-6-3-7-11-17/h2-14,19,25H,15H2,1H3,(H,24,26). The van der Waals surface area contributed by atoms with E-state index in [1.54, 1.807) is 6.07 Å². The van der Waals surface area contributed by atoms with E-state index in [0.29, 0.717) is 5.69 Å². The van der Waals surface area contributed by atoms with Gasteiger partial charge in [-0.25, -0.2) is 4.79 Å². The summed E-state index contributed by atoms with van der Waals surface area (Å²) in [5.41, 5.74) is 2.51. The van der Waals surface area contributed by atoms with Crippen LogP contribution >= 0.6 is 0 Å². The van der Waals surface area contributed by atoms with Gasteiger partial charge >= 0.3 is 5.97 Å². The number of hydrogen-bond donors (Lipinski definition) is 2. The molecule has 0 fully saturated rings. The third kappa shape index (κ3) is 4.57. The first-order valence-electron chi connectivity index (χ1n) is 8.89.